The average molecular weight is 522 g/mol. The lowest BCUT2D eigenvalue weighted by Crippen LogP contribution is -2.40. The lowest BCUT2D eigenvalue weighted by atomic mass is 10.1. The second kappa shape index (κ2) is 10.9. The van der Waals surface area contributed by atoms with Crippen LogP contribution < -0.4 is 31.6 Å². The van der Waals surface area contributed by atoms with E-state index in [-0.39, 0.29) is 6.04 Å². The highest BCUT2D eigenvalue weighted by atomic mass is 31.2. The average Bonchev–Trinajstić information content (AvgIpc) is 2.98. The van der Waals surface area contributed by atoms with E-state index < -0.39 is 14.4 Å². The first-order chi connectivity index (χ1) is 18.0. The third-order valence-electron chi connectivity index (χ3n) is 6.59. The van der Waals surface area contributed by atoms with Crippen LogP contribution >= 0.6 is 14.4 Å². The van der Waals surface area contributed by atoms with Crippen LogP contribution in [0.3, 0.4) is 0 Å². The molecule has 0 saturated heterocycles. The minimum absolute atomic E-state index is 0.201. The summed E-state index contributed by atoms with van der Waals surface area (Å²) in [6, 6.07) is 45.8. The molecular formula is C32H29NO2P2. The summed E-state index contributed by atoms with van der Waals surface area (Å²) in [4.78, 5) is 0. The summed E-state index contributed by atoms with van der Waals surface area (Å²) in [7, 11) is -6.80. The second-order valence-electron chi connectivity index (χ2n) is 8.98. The minimum Gasteiger partial charge on any atom is -0.309 e. The van der Waals surface area contributed by atoms with Gasteiger partial charge in [-0.2, -0.15) is 0 Å². The number of hydrogen-bond donors (Lipinski definition) is 1. The molecule has 0 saturated carbocycles. The van der Waals surface area contributed by atoms with Gasteiger partial charge in [0.1, 0.15) is 0 Å². The van der Waals surface area contributed by atoms with E-state index in [1.54, 1.807) is 0 Å². The molecule has 1 N–H and O–H groups in total. The quantitative estimate of drug-likeness (QED) is 0.259. The van der Waals surface area contributed by atoms with E-state index >= 15 is 9.13 Å². The molecule has 0 aliphatic heterocycles. The van der Waals surface area contributed by atoms with Gasteiger partial charge in [0.05, 0.1) is 0 Å². The first-order valence-electron chi connectivity index (χ1n) is 12.3. The molecule has 37 heavy (non-hydrogen) atoms. The molecule has 0 heterocycles. The van der Waals surface area contributed by atoms with Crippen molar-refractivity contribution < 1.29 is 9.13 Å². The van der Waals surface area contributed by atoms with Gasteiger partial charge in [0.15, 0.2) is 7.14 Å². The van der Waals surface area contributed by atoms with Crippen molar-refractivity contribution in [3.8, 4) is 0 Å². The number of rotatable bonds is 8. The first-order valence-corrected chi connectivity index (χ1v) is 15.7. The maximum Gasteiger partial charge on any atom is 0.205 e. The minimum atomic E-state index is -3.44. The molecule has 2 unspecified atom stereocenters. The Morgan fingerprint density at radius 1 is 0.486 bits per heavy atom. The van der Waals surface area contributed by atoms with E-state index in [9.17, 15) is 0 Å². The molecule has 0 aliphatic carbocycles. The standard InChI is InChI=1S/C32H29NO2P2/c1-26(27-16-6-2-7-17-27)33-37(35,30-22-12-5-13-23-30)32-25-15-14-24-31(32)36(34,28-18-8-3-9-19-28)29-20-10-4-11-21-29/h2-26H,1H3,(H,33,35). The van der Waals surface area contributed by atoms with Gasteiger partial charge in [0.25, 0.3) is 0 Å². The molecule has 0 radical (unpaired) electrons. The van der Waals surface area contributed by atoms with Crippen LogP contribution in [0.15, 0.2) is 146 Å². The summed E-state index contributed by atoms with van der Waals surface area (Å²) in [6.07, 6.45) is 0. The largest absolute Gasteiger partial charge is 0.309 e. The summed E-state index contributed by atoms with van der Waals surface area (Å²) >= 11 is 0. The maximum absolute atomic E-state index is 15.3. The zero-order valence-corrected chi connectivity index (χ0v) is 22.4. The van der Waals surface area contributed by atoms with Gasteiger partial charge in [-0.25, -0.2) is 0 Å². The van der Waals surface area contributed by atoms with Crippen LogP contribution in [0, 0.1) is 0 Å². The molecule has 5 aromatic carbocycles. The summed E-state index contributed by atoms with van der Waals surface area (Å²) < 4.78 is 30.6. The molecule has 5 rings (SSSR count). The second-order valence-corrected chi connectivity index (χ2v) is 14.2. The zero-order chi connectivity index (χ0) is 25.7. The van der Waals surface area contributed by atoms with Gasteiger partial charge < -0.3 is 4.57 Å². The maximum atomic E-state index is 15.3. The number of nitrogens with one attached hydrogen (secondary N) is 1. The topological polar surface area (TPSA) is 46.2 Å². The molecular weight excluding hydrogens is 492 g/mol. The van der Waals surface area contributed by atoms with Crippen molar-refractivity contribution in [1.82, 2.24) is 5.09 Å². The lowest BCUT2D eigenvalue weighted by Gasteiger charge is -2.29. The predicted octanol–water partition coefficient (Wildman–Crippen LogP) is 5.91. The first kappa shape index (κ1) is 25.2. The van der Waals surface area contributed by atoms with E-state index in [1.165, 1.54) is 0 Å². The molecule has 0 aliphatic rings. The van der Waals surface area contributed by atoms with Gasteiger partial charge >= 0.3 is 0 Å². The molecule has 184 valence electrons. The van der Waals surface area contributed by atoms with Gasteiger partial charge in [-0.1, -0.05) is 127 Å². The van der Waals surface area contributed by atoms with Crippen molar-refractivity contribution >= 4 is 41.0 Å². The SMILES string of the molecule is CC(NP(=O)(c1ccccc1)c1ccccc1P(=O)(c1ccccc1)c1ccccc1)c1ccccc1. The molecule has 0 fully saturated rings. The smallest absolute Gasteiger partial charge is 0.205 e. The van der Waals surface area contributed by atoms with Crippen molar-refractivity contribution in [2.24, 2.45) is 0 Å². The Kier molecular flexibility index (Phi) is 7.40. The summed E-state index contributed by atoms with van der Waals surface area (Å²) in [5.74, 6) is 0. The molecule has 3 nitrogen and oxygen atoms in total. The van der Waals surface area contributed by atoms with E-state index in [4.69, 9.17) is 0 Å². The van der Waals surface area contributed by atoms with Crippen molar-refractivity contribution in [2.45, 2.75) is 13.0 Å². The van der Waals surface area contributed by atoms with Crippen molar-refractivity contribution in [3.63, 3.8) is 0 Å². The third-order valence-corrected chi connectivity index (χ3v) is 12.7. The van der Waals surface area contributed by atoms with E-state index in [2.05, 4.69) is 5.09 Å². The monoisotopic (exact) mass is 521 g/mol. The van der Waals surface area contributed by atoms with Crippen LogP contribution in [0.2, 0.25) is 0 Å². The molecule has 5 aromatic rings. The van der Waals surface area contributed by atoms with Gasteiger partial charge in [-0.05, 0) is 30.7 Å². The van der Waals surface area contributed by atoms with E-state index in [0.29, 0.717) is 26.5 Å². The number of benzene rings is 5. The van der Waals surface area contributed by atoms with Gasteiger partial charge in [0.2, 0.25) is 7.29 Å². The highest BCUT2D eigenvalue weighted by Gasteiger charge is 2.39. The predicted molar refractivity (Wildman–Crippen MR) is 157 cm³/mol. The van der Waals surface area contributed by atoms with Gasteiger partial charge in [-0.15, -0.1) is 0 Å². The summed E-state index contributed by atoms with van der Waals surface area (Å²) in [5, 5.41) is 6.76. The normalized spacial score (nSPS) is 14.0. The van der Waals surface area contributed by atoms with Gasteiger partial charge in [-0.3, -0.25) is 9.65 Å². The fourth-order valence-corrected chi connectivity index (χ4v) is 10.8. The summed E-state index contributed by atoms with van der Waals surface area (Å²) in [5.41, 5.74) is 1.03. The Morgan fingerprint density at radius 2 is 0.865 bits per heavy atom. The van der Waals surface area contributed by atoms with E-state index in [0.717, 1.165) is 5.56 Å². The van der Waals surface area contributed by atoms with Crippen LogP contribution in [0.1, 0.15) is 18.5 Å². The third kappa shape index (κ3) is 4.91. The van der Waals surface area contributed by atoms with Crippen molar-refractivity contribution in [1.29, 1.82) is 0 Å². The van der Waals surface area contributed by atoms with E-state index in [1.807, 2.05) is 153 Å². The van der Waals surface area contributed by atoms with Crippen LogP contribution in [-0.4, -0.2) is 0 Å². The van der Waals surface area contributed by atoms with Gasteiger partial charge in [0, 0.05) is 32.6 Å². The number of hydrogen-bond acceptors (Lipinski definition) is 2. The fraction of sp³-hybridized carbons (Fsp3) is 0.0625. The fourth-order valence-electron chi connectivity index (χ4n) is 4.71. The molecule has 0 amide bonds. The lowest BCUT2D eigenvalue weighted by molar-refractivity contribution is 0.568. The van der Waals surface area contributed by atoms with Crippen molar-refractivity contribution in [3.05, 3.63) is 151 Å². The Labute approximate surface area is 219 Å². The molecule has 0 bridgehead atoms. The van der Waals surface area contributed by atoms with Crippen LogP contribution in [0.5, 0.6) is 0 Å². The zero-order valence-electron chi connectivity index (χ0n) is 20.6. The molecule has 0 aromatic heterocycles. The highest BCUT2D eigenvalue weighted by molar-refractivity contribution is 7.88. The Hall–Kier alpha value is -3.48. The Balaban J connectivity index is 1.76. The summed E-state index contributed by atoms with van der Waals surface area (Å²) in [6.45, 7) is 2.02. The Bertz CT molecular complexity index is 1510. The molecule has 0 spiro atoms. The Morgan fingerprint density at radius 3 is 1.35 bits per heavy atom. The van der Waals surface area contributed by atoms with Crippen molar-refractivity contribution in [2.75, 3.05) is 0 Å². The van der Waals surface area contributed by atoms with Crippen LogP contribution in [0.25, 0.3) is 0 Å². The highest BCUT2D eigenvalue weighted by Crippen LogP contribution is 2.48. The van der Waals surface area contributed by atoms with Crippen LogP contribution in [0.4, 0.5) is 0 Å². The molecule has 2 atom stereocenters. The molecule has 5 heteroatoms. The van der Waals surface area contributed by atoms with Crippen LogP contribution in [-0.2, 0) is 9.13 Å².